The third-order valence-electron chi connectivity index (χ3n) is 9.09. The maximum atomic E-state index is 13.0. The molecule has 0 aromatic heterocycles. The first-order valence-electron chi connectivity index (χ1n) is 19.9. The van der Waals surface area contributed by atoms with E-state index in [1.807, 2.05) is 0 Å². The molecule has 48 heavy (non-hydrogen) atoms. The van der Waals surface area contributed by atoms with E-state index in [0.717, 1.165) is 38.5 Å². The minimum absolute atomic E-state index is 0.0256. The normalized spacial score (nSPS) is 13.1. The predicted molar refractivity (Wildman–Crippen MR) is 195 cm³/mol. The van der Waals surface area contributed by atoms with Crippen molar-refractivity contribution in [2.45, 2.75) is 219 Å². The Morgan fingerprint density at radius 2 is 0.979 bits per heavy atom. The monoisotopic (exact) mass is 683 g/mol. The minimum Gasteiger partial charge on any atom is -0.480 e. The highest BCUT2D eigenvalue weighted by molar-refractivity contribution is 5.86. The summed E-state index contributed by atoms with van der Waals surface area (Å²) in [6, 6.07) is -1.42. The van der Waals surface area contributed by atoms with Gasteiger partial charge in [-0.3, -0.25) is 14.4 Å². The molecule has 0 saturated carbocycles. The fourth-order valence-corrected chi connectivity index (χ4v) is 5.97. The lowest BCUT2D eigenvalue weighted by atomic mass is 10.0. The number of hydrogen-bond donors (Lipinski definition) is 4. The van der Waals surface area contributed by atoms with E-state index in [0.29, 0.717) is 6.42 Å². The van der Waals surface area contributed by atoms with Gasteiger partial charge < -0.3 is 25.6 Å². The number of aliphatic hydroxyl groups excluding tert-OH is 1. The summed E-state index contributed by atoms with van der Waals surface area (Å²) < 4.78 is 5.64. The molecule has 0 saturated heterocycles. The second-order valence-corrected chi connectivity index (χ2v) is 13.8. The van der Waals surface area contributed by atoms with Gasteiger partial charge in [-0.1, -0.05) is 162 Å². The number of rotatable bonds is 35. The zero-order valence-corrected chi connectivity index (χ0v) is 31.2. The third-order valence-corrected chi connectivity index (χ3v) is 9.09. The maximum absolute atomic E-state index is 13.0. The Kier molecular flexibility index (Phi) is 31.8. The molecule has 0 aliphatic rings. The van der Waals surface area contributed by atoms with Crippen molar-refractivity contribution < 1.29 is 34.1 Å². The van der Waals surface area contributed by atoms with E-state index in [-0.39, 0.29) is 25.4 Å². The fourth-order valence-electron chi connectivity index (χ4n) is 5.97. The number of aliphatic carboxylic acids is 1. The van der Waals surface area contributed by atoms with Crippen molar-refractivity contribution >= 4 is 23.8 Å². The van der Waals surface area contributed by atoms with Gasteiger partial charge in [-0.05, 0) is 26.2 Å². The van der Waals surface area contributed by atoms with Crippen LogP contribution in [0.2, 0.25) is 0 Å². The molecule has 0 fully saturated rings. The van der Waals surface area contributed by atoms with Crippen LogP contribution in [0.3, 0.4) is 0 Å². The lowest BCUT2D eigenvalue weighted by Gasteiger charge is -2.19. The Morgan fingerprint density at radius 3 is 1.38 bits per heavy atom. The Labute approximate surface area is 293 Å². The maximum Gasteiger partial charge on any atom is 0.328 e. The van der Waals surface area contributed by atoms with E-state index in [4.69, 9.17) is 9.84 Å². The van der Waals surface area contributed by atoms with Crippen molar-refractivity contribution in [1.29, 1.82) is 0 Å². The molecule has 0 heterocycles. The van der Waals surface area contributed by atoms with E-state index in [9.17, 15) is 24.3 Å². The van der Waals surface area contributed by atoms with Crippen LogP contribution in [0, 0.1) is 0 Å². The lowest BCUT2D eigenvalue weighted by Crippen LogP contribution is -2.48. The zero-order valence-electron chi connectivity index (χ0n) is 31.2. The topological polar surface area (TPSA) is 142 Å². The summed E-state index contributed by atoms with van der Waals surface area (Å²) in [6.07, 6.45) is 28.7. The van der Waals surface area contributed by atoms with Crippen molar-refractivity contribution in [3.8, 4) is 0 Å². The molecule has 9 heteroatoms. The summed E-state index contributed by atoms with van der Waals surface area (Å²) in [4.78, 5) is 49.0. The lowest BCUT2D eigenvalue weighted by molar-refractivity contribution is -0.156. The number of carbonyl (C=O) groups is 4. The molecule has 0 spiro atoms. The Balaban J connectivity index is 4.46. The molecule has 1 unspecified atom stereocenters. The molecule has 0 bridgehead atoms. The van der Waals surface area contributed by atoms with E-state index < -0.39 is 36.0 Å². The van der Waals surface area contributed by atoms with E-state index >= 15 is 0 Å². The average Bonchev–Trinajstić information content (AvgIpc) is 3.05. The van der Waals surface area contributed by atoms with E-state index in [1.165, 1.54) is 129 Å². The summed E-state index contributed by atoms with van der Waals surface area (Å²) in [7, 11) is 0. The number of ether oxygens (including phenoxy) is 1. The van der Waals surface area contributed by atoms with Crippen LogP contribution in [-0.2, 0) is 23.9 Å². The number of amides is 2. The van der Waals surface area contributed by atoms with Gasteiger partial charge in [0, 0.05) is 19.4 Å². The molecule has 3 atom stereocenters. The van der Waals surface area contributed by atoms with Gasteiger partial charge in [-0.25, -0.2) is 4.79 Å². The minimum atomic E-state index is -1.42. The standard InChI is InChI=1S/C39H74N2O7/c1-4-6-8-10-12-14-16-18-20-22-24-26-28-30-36(44)48-34(29-27-25-23-21-19-17-15-13-11-9-7-5-2)38(45)40-32-31-35(43)41-37(33(3)42)39(46)47/h33-34,37,42H,4-32H2,1-3H3,(H,40,45)(H,41,43)(H,46,47)/t33-,34?,37+/m1/s1. The summed E-state index contributed by atoms with van der Waals surface area (Å²) in [5, 5.41) is 23.7. The molecule has 0 rings (SSSR count). The number of carboxylic acid groups (broad SMARTS) is 1. The molecule has 0 aromatic rings. The highest BCUT2D eigenvalue weighted by Gasteiger charge is 2.26. The highest BCUT2D eigenvalue weighted by atomic mass is 16.5. The van der Waals surface area contributed by atoms with Crippen molar-refractivity contribution in [3.63, 3.8) is 0 Å². The number of carboxylic acids is 1. The first-order valence-corrected chi connectivity index (χ1v) is 19.9. The van der Waals surface area contributed by atoms with E-state index in [1.54, 1.807) is 0 Å². The van der Waals surface area contributed by atoms with Crippen molar-refractivity contribution in [1.82, 2.24) is 10.6 Å². The SMILES string of the molecule is CCCCCCCCCCCCCCCC(=O)OC(CCCCCCCCCCCCCC)C(=O)NCCC(=O)N[C@H](C(=O)O)[C@@H](C)O. The first kappa shape index (κ1) is 45.8. The number of unbranched alkanes of at least 4 members (excludes halogenated alkanes) is 23. The fraction of sp³-hybridized carbons (Fsp3) is 0.897. The molecule has 9 nitrogen and oxygen atoms in total. The zero-order chi connectivity index (χ0) is 35.7. The second kappa shape index (κ2) is 33.3. The van der Waals surface area contributed by atoms with Gasteiger partial charge in [-0.2, -0.15) is 0 Å². The van der Waals surface area contributed by atoms with Gasteiger partial charge in [0.25, 0.3) is 5.91 Å². The molecule has 0 aliphatic carbocycles. The van der Waals surface area contributed by atoms with Crippen LogP contribution in [0.5, 0.6) is 0 Å². The number of nitrogens with one attached hydrogen (secondary N) is 2. The molecule has 0 aliphatic heterocycles. The van der Waals surface area contributed by atoms with Gasteiger partial charge in [0.1, 0.15) is 0 Å². The molecular weight excluding hydrogens is 608 g/mol. The smallest absolute Gasteiger partial charge is 0.328 e. The summed E-state index contributed by atoms with van der Waals surface area (Å²) in [5.41, 5.74) is 0. The van der Waals surface area contributed by atoms with Crippen LogP contribution >= 0.6 is 0 Å². The van der Waals surface area contributed by atoms with Crippen LogP contribution in [0.25, 0.3) is 0 Å². The highest BCUT2D eigenvalue weighted by Crippen LogP contribution is 2.16. The van der Waals surface area contributed by atoms with Crippen LogP contribution < -0.4 is 10.6 Å². The number of esters is 1. The van der Waals surface area contributed by atoms with Gasteiger partial charge in [0.2, 0.25) is 5.91 Å². The Morgan fingerprint density at radius 1 is 0.583 bits per heavy atom. The Bertz CT molecular complexity index is 805. The summed E-state index contributed by atoms with van der Waals surface area (Å²) >= 11 is 0. The van der Waals surface area contributed by atoms with Gasteiger partial charge in [0.15, 0.2) is 12.1 Å². The van der Waals surface area contributed by atoms with Gasteiger partial charge >= 0.3 is 11.9 Å². The molecule has 282 valence electrons. The number of hydrogen-bond acceptors (Lipinski definition) is 6. The van der Waals surface area contributed by atoms with Crippen LogP contribution in [0.4, 0.5) is 0 Å². The molecular formula is C39H74N2O7. The largest absolute Gasteiger partial charge is 0.480 e. The van der Waals surface area contributed by atoms with Crippen molar-refractivity contribution in [2.75, 3.05) is 6.54 Å². The van der Waals surface area contributed by atoms with E-state index in [2.05, 4.69) is 24.5 Å². The second-order valence-electron chi connectivity index (χ2n) is 13.8. The first-order chi connectivity index (χ1) is 23.2. The molecule has 2 amide bonds. The summed E-state index contributed by atoms with van der Waals surface area (Å²) in [6.45, 7) is 5.74. The molecule has 0 radical (unpaired) electrons. The number of carbonyl (C=O) groups excluding carboxylic acids is 3. The average molecular weight is 683 g/mol. The van der Waals surface area contributed by atoms with Crippen LogP contribution in [0.1, 0.15) is 201 Å². The summed E-state index contributed by atoms with van der Waals surface area (Å²) in [5.74, 6) is -2.73. The quantitative estimate of drug-likeness (QED) is 0.0386. The third kappa shape index (κ3) is 28.8. The van der Waals surface area contributed by atoms with Crippen molar-refractivity contribution in [3.05, 3.63) is 0 Å². The molecule has 4 N–H and O–H groups in total. The van der Waals surface area contributed by atoms with Gasteiger partial charge in [0.05, 0.1) is 6.10 Å². The molecule has 0 aromatic carbocycles. The number of aliphatic hydroxyl groups is 1. The van der Waals surface area contributed by atoms with Gasteiger partial charge in [-0.15, -0.1) is 0 Å². The van der Waals surface area contributed by atoms with Crippen molar-refractivity contribution in [2.24, 2.45) is 0 Å². The Hall–Kier alpha value is -2.16. The van der Waals surface area contributed by atoms with Crippen LogP contribution in [-0.4, -0.2) is 58.8 Å². The predicted octanol–water partition coefficient (Wildman–Crippen LogP) is 8.93. The van der Waals surface area contributed by atoms with Crippen LogP contribution in [0.15, 0.2) is 0 Å².